The van der Waals surface area contributed by atoms with E-state index < -0.39 is 0 Å². The molecule has 0 saturated heterocycles. The Labute approximate surface area is 170 Å². The van der Waals surface area contributed by atoms with Crippen LogP contribution in [-0.2, 0) is 28.4 Å². The Bertz CT molecular complexity index is 341. The molecule has 1 fully saturated rings. The van der Waals surface area contributed by atoms with Crippen LogP contribution in [0.1, 0.15) is 25.7 Å². The maximum atomic E-state index is 5.21. The summed E-state index contributed by atoms with van der Waals surface area (Å²) in [6, 6.07) is 0. The second-order valence-corrected chi connectivity index (χ2v) is 6.19. The molecule has 1 aliphatic carbocycles. The number of rotatable bonds is 17. The fourth-order valence-electron chi connectivity index (χ4n) is 2.68. The lowest BCUT2D eigenvalue weighted by Gasteiger charge is -2.27. The third-order valence-corrected chi connectivity index (χ3v) is 4.16. The second kappa shape index (κ2) is 21.4. The Morgan fingerprint density at radius 2 is 0.821 bits per heavy atom. The van der Waals surface area contributed by atoms with Crippen LogP contribution in [0.15, 0.2) is 51.4 Å². The second-order valence-electron chi connectivity index (χ2n) is 6.19. The predicted octanol–water partition coefficient (Wildman–Crippen LogP) is 4.45. The Kier molecular flexibility index (Phi) is 19.9. The summed E-state index contributed by atoms with van der Waals surface area (Å²) in [6.07, 6.45) is 10.9. The van der Waals surface area contributed by atoms with Crippen LogP contribution >= 0.6 is 0 Å². The Hall–Kier alpha value is -1.92. The molecular formula is C22H38O6. The van der Waals surface area contributed by atoms with Gasteiger partial charge in [0.2, 0.25) is 0 Å². The van der Waals surface area contributed by atoms with Gasteiger partial charge in [0.05, 0.1) is 64.7 Å². The molecule has 162 valence electrons. The van der Waals surface area contributed by atoms with E-state index in [1.807, 2.05) is 0 Å². The molecule has 1 saturated carbocycles. The third kappa shape index (κ3) is 17.5. The van der Waals surface area contributed by atoms with E-state index in [9.17, 15) is 0 Å². The van der Waals surface area contributed by atoms with E-state index in [1.54, 1.807) is 0 Å². The van der Waals surface area contributed by atoms with E-state index >= 15 is 0 Å². The molecule has 0 aromatic carbocycles. The van der Waals surface area contributed by atoms with E-state index in [2.05, 4.69) is 26.3 Å². The van der Waals surface area contributed by atoms with Gasteiger partial charge in [-0.3, -0.25) is 0 Å². The molecule has 0 aliphatic heterocycles. The first-order valence-corrected chi connectivity index (χ1v) is 9.83. The molecule has 28 heavy (non-hydrogen) atoms. The molecule has 0 N–H and O–H groups in total. The highest BCUT2D eigenvalue weighted by Gasteiger charge is 2.21. The summed E-state index contributed by atoms with van der Waals surface area (Å²) in [5.41, 5.74) is 0. The summed E-state index contributed by atoms with van der Waals surface area (Å²) in [7, 11) is 0. The minimum Gasteiger partial charge on any atom is -0.502 e. The highest BCUT2D eigenvalue weighted by molar-refractivity contribution is 4.73. The Balaban J connectivity index is 0.000000521. The summed E-state index contributed by atoms with van der Waals surface area (Å²) in [4.78, 5) is 0. The van der Waals surface area contributed by atoms with Gasteiger partial charge in [-0.15, -0.1) is 0 Å². The lowest BCUT2D eigenvalue weighted by Crippen LogP contribution is -2.20. The molecule has 6 nitrogen and oxygen atoms in total. The van der Waals surface area contributed by atoms with Crippen molar-refractivity contribution in [1.29, 1.82) is 0 Å². The molecule has 0 aromatic heterocycles. The molecule has 0 atom stereocenters. The van der Waals surface area contributed by atoms with E-state index in [4.69, 9.17) is 28.4 Å². The molecule has 0 unspecified atom stereocenters. The van der Waals surface area contributed by atoms with E-state index in [0.29, 0.717) is 51.5 Å². The van der Waals surface area contributed by atoms with Gasteiger partial charge in [0.15, 0.2) is 0 Å². The van der Waals surface area contributed by atoms with Gasteiger partial charge in [-0.05, 0) is 37.5 Å². The van der Waals surface area contributed by atoms with Crippen LogP contribution in [0.2, 0.25) is 0 Å². The Morgan fingerprint density at radius 3 is 1.14 bits per heavy atom. The largest absolute Gasteiger partial charge is 0.502 e. The van der Waals surface area contributed by atoms with Crippen LogP contribution in [-0.4, -0.2) is 52.9 Å². The van der Waals surface area contributed by atoms with Gasteiger partial charge in [0.25, 0.3) is 0 Å². The van der Waals surface area contributed by atoms with Gasteiger partial charge in [-0.1, -0.05) is 26.3 Å². The van der Waals surface area contributed by atoms with Crippen LogP contribution in [0.3, 0.4) is 0 Å². The average molecular weight is 399 g/mol. The molecule has 1 rings (SSSR count). The summed E-state index contributed by atoms with van der Waals surface area (Å²) < 4.78 is 30.5. The molecule has 0 amide bonds. The third-order valence-electron chi connectivity index (χ3n) is 4.16. The topological polar surface area (TPSA) is 55.4 Å². The van der Waals surface area contributed by atoms with Gasteiger partial charge in [0.1, 0.15) is 13.2 Å². The highest BCUT2D eigenvalue weighted by Crippen LogP contribution is 2.29. The standard InChI is InChI=1S/C12H20O2.C10H18O4/c1-3-13-9-11-5-7-12(8-6-11)10-14-4-2;1-3-11-5-7-13-9-10-14-8-6-12-4-2/h3-4,11-12H,1-2,5-10H2;3-4H,1-2,5-10H2. The van der Waals surface area contributed by atoms with Crippen molar-refractivity contribution < 1.29 is 28.4 Å². The van der Waals surface area contributed by atoms with Crippen molar-refractivity contribution in [3.05, 3.63) is 51.4 Å². The van der Waals surface area contributed by atoms with Crippen LogP contribution in [0, 0.1) is 11.8 Å². The van der Waals surface area contributed by atoms with Gasteiger partial charge in [-0.25, -0.2) is 0 Å². The highest BCUT2D eigenvalue weighted by atomic mass is 16.6. The SMILES string of the molecule is C=COCC1CCC(COC=C)CC1.C=COCCOCCOCCOC=C. The first-order chi connectivity index (χ1) is 13.8. The number of hydrogen-bond donors (Lipinski definition) is 0. The number of hydrogen-bond acceptors (Lipinski definition) is 6. The molecule has 0 spiro atoms. The van der Waals surface area contributed by atoms with Crippen LogP contribution in [0.4, 0.5) is 0 Å². The maximum absolute atomic E-state index is 5.21. The minimum absolute atomic E-state index is 0.531. The molecule has 0 heterocycles. The lowest BCUT2D eigenvalue weighted by atomic mass is 9.83. The first kappa shape index (κ1) is 26.1. The van der Waals surface area contributed by atoms with Crippen LogP contribution < -0.4 is 0 Å². The van der Waals surface area contributed by atoms with Crippen molar-refractivity contribution in [2.75, 3.05) is 52.9 Å². The zero-order chi connectivity index (χ0) is 20.7. The summed E-state index contributed by atoms with van der Waals surface area (Å²) in [5, 5.41) is 0. The fourth-order valence-corrected chi connectivity index (χ4v) is 2.68. The van der Waals surface area contributed by atoms with Crippen LogP contribution in [0.5, 0.6) is 0 Å². The summed E-state index contributed by atoms with van der Waals surface area (Å²) >= 11 is 0. The number of ether oxygens (including phenoxy) is 6. The minimum atomic E-state index is 0.531. The average Bonchev–Trinajstić information content (AvgIpc) is 2.73. The predicted molar refractivity (Wildman–Crippen MR) is 112 cm³/mol. The normalized spacial score (nSPS) is 18.0. The van der Waals surface area contributed by atoms with Gasteiger partial charge < -0.3 is 28.4 Å². The molecule has 1 aliphatic rings. The molecule has 0 bridgehead atoms. The van der Waals surface area contributed by atoms with Crippen molar-refractivity contribution in [1.82, 2.24) is 0 Å². The van der Waals surface area contributed by atoms with Crippen LogP contribution in [0.25, 0.3) is 0 Å². The van der Waals surface area contributed by atoms with Crippen molar-refractivity contribution in [2.45, 2.75) is 25.7 Å². The fraction of sp³-hybridized carbons (Fsp3) is 0.636. The molecule has 0 radical (unpaired) electrons. The molecule has 0 aromatic rings. The molecular weight excluding hydrogens is 360 g/mol. The van der Waals surface area contributed by atoms with Crippen molar-refractivity contribution in [3.8, 4) is 0 Å². The van der Waals surface area contributed by atoms with Gasteiger partial charge in [-0.2, -0.15) is 0 Å². The molecule has 6 heteroatoms. The van der Waals surface area contributed by atoms with Crippen molar-refractivity contribution in [3.63, 3.8) is 0 Å². The quantitative estimate of drug-likeness (QED) is 0.266. The first-order valence-electron chi connectivity index (χ1n) is 9.83. The van der Waals surface area contributed by atoms with Crippen molar-refractivity contribution >= 4 is 0 Å². The Morgan fingerprint density at radius 1 is 0.500 bits per heavy atom. The maximum Gasteiger partial charge on any atom is 0.111 e. The zero-order valence-corrected chi connectivity index (χ0v) is 17.2. The van der Waals surface area contributed by atoms with E-state index in [-0.39, 0.29) is 0 Å². The summed E-state index contributed by atoms with van der Waals surface area (Å²) in [6.45, 7) is 18.9. The van der Waals surface area contributed by atoms with Crippen molar-refractivity contribution in [2.24, 2.45) is 11.8 Å². The lowest BCUT2D eigenvalue weighted by molar-refractivity contribution is 0.0186. The zero-order valence-electron chi connectivity index (χ0n) is 17.2. The van der Waals surface area contributed by atoms with Gasteiger partial charge in [0, 0.05) is 0 Å². The monoisotopic (exact) mass is 398 g/mol. The van der Waals surface area contributed by atoms with Gasteiger partial charge >= 0.3 is 0 Å². The van der Waals surface area contributed by atoms with E-state index in [0.717, 1.165) is 13.2 Å². The summed E-state index contributed by atoms with van der Waals surface area (Å²) in [5.74, 6) is 1.43. The van der Waals surface area contributed by atoms with E-state index in [1.165, 1.54) is 50.7 Å². The smallest absolute Gasteiger partial charge is 0.111 e.